The van der Waals surface area contributed by atoms with Crippen LogP contribution in [0.1, 0.15) is 18.9 Å². The minimum absolute atomic E-state index is 0.582. The van der Waals surface area contributed by atoms with Crippen LogP contribution in [0.2, 0.25) is 0 Å². The summed E-state index contributed by atoms with van der Waals surface area (Å²) in [6.45, 7) is 2.22. The third-order valence-electron chi connectivity index (χ3n) is 3.01. The van der Waals surface area contributed by atoms with Gasteiger partial charge in [0.25, 0.3) is 0 Å². The third-order valence-corrected chi connectivity index (χ3v) is 3.01. The van der Waals surface area contributed by atoms with Gasteiger partial charge in [-0.25, -0.2) is 0 Å². The molecule has 2 heteroatoms. The summed E-state index contributed by atoms with van der Waals surface area (Å²) in [6, 6.07) is 9.06. The molecule has 0 aliphatic carbocycles. The Kier molecular flexibility index (Phi) is 3.07. The van der Waals surface area contributed by atoms with E-state index < -0.39 is 0 Å². The largest absolute Gasteiger partial charge is 0.361 e. The lowest BCUT2D eigenvalue weighted by Crippen LogP contribution is -2.21. The molecule has 1 atom stereocenters. The SMILES string of the molecule is CNC(C)CCc1c[nH]c2ccccc12. The van der Waals surface area contributed by atoms with E-state index in [2.05, 4.69) is 47.7 Å². The minimum Gasteiger partial charge on any atom is -0.361 e. The van der Waals surface area contributed by atoms with E-state index in [1.807, 2.05) is 7.05 Å². The minimum atomic E-state index is 0.582. The number of aromatic nitrogens is 1. The van der Waals surface area contributed by atoms with Gasteiger partial charge in [0.15, 0.2) is 0 Å². The molecule has 1 aromatic carbocycles. The average molecular weight is 202 g/mol. The van der Waals surface area contributed by atoms with E-state index in [1.165, 1.54) is 22.9 Å². The van der Waals surface area contributed by atoms with Gasteiger partial charge in [0.05, 0.1) is 0 Å². The van der Waals surface area contributed by atoms with Crippen molar-refractivity contribution in [1.82, 2.24) is 10.3 Å². The van der Waals surface area contributed by atoms with Crippen LogP contribution in [0.25, 0.3) is 10.9 Å². The first-order chi connectivity index (χ1) is 7.31. The highest BCUT2D eigenvalue weighted by Gasteiger charge is 2.04. The van der Waals surface area contributed by atoms with Crippen molar-refractivity contribution in [2.75, 3.05) is 7.05 Å². The quantitative estimate of drug-likeness (QED) is 0.784. The summed E-state index contributed by atoms with van der Waals surface area (Å²) in [4.78, 5) is 3.31. The van der Waals surface area contributed by atoms with Crippen molar-refractivity contribution in [3.63, 3.8) is 0 Å². The number of para-hydroxylation sites is 1. The lowest BCUT2D eigenvalue weighted by Gasteiger charge is -2.08. The van der Waals surface area contributed by atoms with Gasteiger partial charge in [-0.15, -0.1) is 0 Å². The van der Waals surface area contributed by atoms with Crippen LogP contribution >= 0.6 is 0 Å². The van der Waals surface area contributed by atoms with Crippen molar-refractivity contribution in [2.24, 2.45) is 0 Å². The Labute approximate surface area is 90.7 Å². The second kappa shape index (κ2) is 4.49. The fraction of sp³-hybridized carbons (Fsp3) is 0.385. The first kappa shape index (κ1) is 10.2. The molecule has 15 heavy (non-hydrogen) atoms. The summed E-state index contributed by atoms with van der Waals surface area (Å²) in [7, 11) is 2.01. The molecule has 0 radical (unpaired) electrons. The second-order valence-corrected chi connectivity index (χ2v) is 4.09. The molecule has 0 aliphatic heterocycles. The van der Waals surface area contributed by atoms with Crippen molar-refractivity contribution in [3.05, 3.63) is 36.0 Å². The third kappa shape index (κ3) is 2.21. The zero-order valence-electron chi connectivity index (χ0n) is 9.38. The van der Waals surface area contributed by atoms with Gasteiger partial charge in [-0.2, -0.15) is 0 Å². The van der Waals surface area contributed by atoms with Crippen LogP contribution in [0.15, 0.2) is 30.5 Å². The standard InChI is InChI=1S/C13H18N2/c1-10(14-2)7-8-11-9-15-13-6-4-3-5-12(11)13/h3-6,9-10,14-15H,7-8H2,1-2H3. The van der Waals surface area contributed by atoms with Gasteiger partial charge < -0.3 is 10.3 Å². The highest BCUT2D eigenvalue weighted by Crippen LogP contribution is 2.19. The summed E-state index contributed by atoms with van der Waals surface area (Å²) in [6.07, 6.45) is 4.44. The van der Waals surface area contributed by atoms with E-state index in [1.54, 1.807) is 0 Å². The van der Waals surface area contributed by atoms with Crippen molar-refractivity contribution in [2.45, 2.75) is 25.8 Å². The van der Waals surface area contributed by atoms with E-state index in [0.717, 1.165) is 6.42 Å². The molecule has 0 saturated carbocycles. The summed E-state index contributed by atoms with van der Waals surface area (Å²) in [5, 5.41) is 4.63. The van der Waals surface area contributed by atoms with Crippen molar-refractivity contribution in [1.29, 1.82) is 0 Å². The summed E-state index contributed by atoms with van der Waals surface area (Å²) < 4.78 is 0. The van der Waals surface area contributed by atoms with Crippen LogP contribution in [0.5, 0.6) is 0 Å². The number of nitrogens with one attached hydrogen (secondary N) is 2. The van der Waals surface area contributed by atoms with Gasteiger partial charge >= 0.3 is 0 Å². The topological polar surface area (TPSA) is 27.8 Å². The smallest absolute Gasteiger partial charge is 0.0456 e. The van der Waals surface area contributed by atoms with Gasteiger partial charge in [0.2, 0.25) is 0 Å². The number of fused-ring (bicyclic) bond motifs is 1. The molecule has 80 valence electrons. The van der Waals surface area contributed by atoms with Gasteiger partial charge in [0, 0.05) is 23.1 Å². The van der Waals surface area contributed by atoms with Gasteiger partial charge in [0.1, 0.15) is 0 Å². The molecule has 0 fully saturated rings. The first-order valence-electron chi connectivity index (χ1n) is 5.53. The molecular weight excluding hydrogens is 184 g/mol. The van der Waals surface area contributed by atoms with E-state index in [4.69, 9.17) is 0 Å². The summed E-state index contributed by atoms with van der Waals surface area (Å²) in [5.74, 6) is 0. The Balaban J connectivity index is 2.14. The van der Waals surface area contributed by atoms with Crippen LogP contribution in [-0.2, 0) is 6.42 Å². The van der Waals surface area contributed by atoms with E-state index in [9.17, 15) is 0 Å². The molecule has 1 heterocycles. The number of aryl methyl sites for hydroxylation is 1. The van der Waals surface area contributed by atoms with Gasteiger partial charge in [-0.05, 0) is 38.4 Å². The van der Waals surface area contributed by atoms with E-state index in [0.29, 0.717) is 6.04 Å². The number of aromatic amines is 1. The molecule has 2 N–H and O–H groups in total. The number of hydrogen-bond acceptors (Lipinski definition) is 1. The molecular formula is C13H18N2. The molecule has 0 aliphatic rings. The lowest BCUT2D eigenvalue weighted by atomic mass is 10.1. The highest BCUT2D eigenvalue weighted by molar-refractivity contribution is 5.82. The van der Waals surface area contributed by atoms with E-state index >= 15 is 0 Å². The normalized spacial score (nSPS) is 13.2. The van der Waals surface area contributed by atoms with Crippen LogP contribution in [-0.4, -0.2) is 18.1 Å². The number of H-pyrrole nitrogens is 1. The van der Waals surface area contributed by atoms with Gasteiger partial charge in [-0.3, -0.25) is 0 Å². The van der Waals surface area contributed by atoms with Crippen molar-refractivity contribution >= 4 is 10.9 Å². The Hall–Kier alpha value is -1.28. The highest BCUT2D eigenvalue weighted by atomic mass is 14.8. The van der Waals surface area contributed by atoms with Crippen LogP contribution < -0.4 is 5.32 Å². The monoisotopic (exact) mass is 202 g/mol. The fourth-order valence-electron chi connectivity index (χ4n) is 1.85. The maximum Gasteiger partial charge on any atom is 0.0456 e. The van der Waals surface area contributed by atoms with E-state index in [-0.39, 0.29) is 0 Å². The average Bonchev–Trinajstić information content (AvgIpc) is 2.69. The Morgan fingerprint density at radius 3 is 2.93 bits per heavy atom. The Morgan fingerprint density at radius 2 is 2.13 bits per heavy atom. The fourth-order valence-corrected chi connectivity index (χ4v) is 1.85. The molecule has 0 saturated heterocycles. The van der Waals surface area contributed by atoms with Crippen molar-refractivity contribution in [3.8, 4) is 0 Å². The molecule has 2 aromatic rings. The Morgan fingerprint density at radius 1 is 1.33 bits per heavy atom. The zero-order chi connectivity index (χ0) is 10.7. The van der Waals surface area contributed by atoms with Gasteiger partial charge in [-0.1, -0.05) is 18.2 Å². The molecule has 0 amide bonds. The summed E-state index contributed by atoms with van der Waals surface area (Å²) in [5.41, 5.74) is 2.66. The molecule has 2 rings (SSSR count). The molecule has 2 nitrogen and oxygen atoms in total. The van der Waals surface area contributed by atoms with Crippen LogP contribution in [0, 0.1) is 0 Å². The molecule has 1 unspecified atom stereocenters. The van der Waals surface area contributed by atoms with Crippen molar-refractivity contribution < 1.29 is 0 Å². The predicted molar refractivity (Wildman–Crippen MR) is 65.1 cm³/mol. The second-order valence-electron chi connectivity index (χ2n) is 4.09. The molecule has 0 bridgehead atoms. The van der Waals surface area contributed by atoms with Crippen LogP contribution in [0.3, 0.4) is 0 Å². The Bertz CT molecular complexity index is 431. The number of benzene rings is 1. The first-order valence-corrected chi connectivity index (χ1v) is 5.53. The maximum absolute atomic E-state index is 3.31. The van der Waals surface area contributed by atoms with Crippen LogP contribution in [0.4, 0.5) is 0 Å². The predicted octanol–water partition coefficient (Wildman–Crippen LogP) is 2.71. The molecule has 1 aromatic heterocycles. The maximum atomic E-state index is 3.31. The number of hydrogen-bond donors (Lipinski definition) is 2. The molecule has 0 spiro atoms. The lowest BCUT2D eigenvalue weighted by molar-refractivity contribution is 0.566. The summed E-state index contributed by atoms with van der Waals surface area (Å²) >= 11 is 0. The zero-order valence-corrected chi connectivity index (χ0v) is 9.38. The number of rotatable bonds is 4.